The van der Waals surface area contributed by atoms with Crippen LogP contribution in [0, 0.1) is 5.92 Å². The van der Waals surface area contributed by atoms with Gasteiger partial charge in [0.15, 0.2) is 0 Å². The molecule has 2 saturated carbocycles. The Kier molecular flexibility index (Phi) is 2.85. The molecule has 2 fully saturated rings. The van der Waals surface area contributed by atoms with Gasteiger partial charge in [-0.05, 0) is 31.6 Å². The third-order valence-corrected chi connectivity index (χ3v) is 3.88. The van der Waals surface area contributed by atoms with E-state index in [0.717, 1.165) is 24.5 Å². The lowest BCUT2D eigenvalue weighted by Gasteiger charge is -2.22. The van der Waals surface area contributed by atoms with E-state index in [0.29, 0.717) is 0 Å². The van der Waals surface area contributed by atoms with Crippen molar-refractivity contribution in [2.24, 2.45) is 5.92 Å². The lowest BCUT2D eigenvalue weighted by atomic mass is 9.89. The van der Waals surface area contributed by atoms with E-state index in [1.807, 2.05) is 6.20 Å². The first kappa shape index (κ1) is 10.2. The molecule has 16 heavy (non-hydrogen) atoms. The van der Waals surface area contributed by atoms with Crippen LogP contribution in [0.15, 0.2) is 12.4 Å². The summed E-state index contributed by atoms with van der Waals surface area (Å²) >= 11 is 0. The highest BCUT2D eigenvalue weighted by Crippen LogP contribution is 2.36. The van der Waals surface area contributed by atoms with Gasteiger partial charge in [-0.15, -0.1) is 0 Å². The van der Waals surface area contributed by atoms with Crippen LogP contribution in [0.4, 0.5) is 5.95 Å². The summed E-state index contributed by atoms with van der Waals surface area (Å²) in [5.41, 5.74) is 0. The van der Waals surface area contributed by atoms with E-state index >= 15 is 0 Å². The third-order valence-electron chi connectivity index (χ3n) is 3.88. The summed E-state index contributed by atoms with van der Waals surface area (Å²) in [5, 5.41) is 3.54. The molecule has 0 aliphatic heterocycles. The monoisotopic (exact) mass is 219 g/mol. The quantitative estimate of drug-likeness (QED) is 0.842. The normalized spacial score (nSPS) is 22.2. The van der Waals surface area contributed by atoms with Gasteiger partial charge in [0.05, 0.1) is 0 Å². The Hall–Kier alpha value is -0.990. The van der Waals surface area contributed by atoms with E-state index in [1.54, 1.807) is 0 Å². The maximum atomic E-state index is 4.41. The largest absolute Gasteiger partial charge is 0.355 e. The second-order valence-corrected chi connectivity index (χ2v) is 5.27. The van der Waals surface area contributed by atoms with E-state index < -0.39 is 0 Å². The van der Waals surface area contributed by atoms with Crippen molar-refractivity contribution >= 4 is 5.95 Å². The molecule has 1 heterocycles. The van der Waals surface area contributed by atoms with Crippen LogP contribution in [-0.2, 0) is 0 Å². The van der Waals surface area contributed by atoms with Crippen molar-refractivity contribution < 1.29 is 0 Å². The van der Waals surface area contributed by atoms with Gasteiger partial charge in [0.1, 0.15) is 0 Å². The Balaban J connectivity index is 1.54. The lowest BCUT2D eigenvalue weighted by molar-refractivity contribution is 0.372. The van der Waals surface area contributed by atoms with Gasteiger partial charge in [0.2, 0.25) is 5.95 Å². The summed E-state index contributed by atoms with van der Waals surface area (Å²) in [6, 6.07) is 0.733. The molecule has 0 saturated heterocycles. The van der Waals surface area contributed by atoms with Gasteiger partial charge in [0, 0.05) is 25.0 Å². The molecule has 0 amide bonds. The molecule has 1 aromatic heterocycles. The number of anilines is 1. The van der Waals surface area contributed by atoms with E-state index in [-0.39, 0.29) is 0 Å². The zero-order chi connectivity index (χ0) is 10.8. The first-order chi connectivity index (χ1) is 7.93. The number of rotatable bonds is 4. The van der Waals surface area contributed by atoms with Crippen molar-refractivity contribution in [3.05, 3.63) is 12.4 Å². The summed E-state index contributed by atoms with van der Waals surface area (Å²) in [5.74, 6) is 1.96. The number of hydrogen-bond donors (Lipinski definition) is 1. The molecule has 0 spiro atoms. The fraction of sp³-hybridized carbons (Fsp3) is 0.769. The van der Waals surface area contributed by atoms with Gasteiger partial charge in [-0.2, -0.15) is 0 Å². The second-order valence-electron chi connectivity index (χ2n) is 5.27. The number of hydrogen-bond acceptors (Lipinski definition) is 2. The fourth-order valence-electron chi connectivity index (χ4n) is 2.72. The first-order valence-corrected chi connectivity index (χ1v) is 6.70. The van der Waals surface area contributed by atoms with Crippen LogP contribution in [0.2, 0.25) is 0 Å². The lowest BCUT2D eigenvalue weighted by Crippen LogP contribution is -2.18. The molecule has 0 aromatic carbocycles. The SMILES string of the molecule is c1cn(C2CC2)c(NCC2CCCCC2)n1. The molecule has 0 radical (unpaired) electrons. The molecule has 1 aromatic rings. The minimum absolute atomic E-state index is 0.733. The number of nitrogens with one attached hydrogen (secondary N) is 1. The fourth-order valence-corrected chi connectivity index (χ4v) is 2.72. The zero-order valence-electron chi connectivity index (χ0n) is 9.86. The van der Waals surface area contributed by atoms with E-state index in [2.05, 4.69) is 21.1 Å². The van der Waals surface area contributed by atoms with Crippen LogP contribution < -0.4 is 5.32 Å². The predicted octanol–water partition coefficient (Wildman–Crippen LogP) is 3.21. The Bertz CT molecular complexity index is 335. The smallest absolute Gasteiger partial charge is 0.203 e. The predicted molar refractivity (Wildman–Crippen MR) is 65.6 cm³/mol. The highest BCUT2D eigenvalue weighted by Gasteiger charge is 2.25. The Morgan fingerprint density at radius 2 is 2.00 bits per heavy atom. The average molecular weight is 219 g/mol. The molecular weight excluding hydrogens is 198 g/mol. The molecule has 0 unspecified atom stereocenters. The highest BCUT2D eigenvalue weighted by molar-refractivity contribution is 5.27. The minimum Gasteiger partial charge on any atom is -0.355 e. The summed E-state index contributed by atoms with van der Waals surface area (Å²) in [6.45, 7) is 1.11. The molecular formula is C13H21N3. The zero-order valence-corrected chi connectivity index (χ0v) is 9.86. The van der Waals surface area contributed by atoms with Crippen molar-refractivity contribution in [3.8, 4) is 0 Å². The van der Waals surface area contributed by atoms with E-state index in [4.69, 9.17) is 0 Å². The Morgan fingerprint density at radius 3 is 2.75 bits per heavy atom. The summed E-state index contributed by atoms with van der Waals surface area (Å²) in [6.07, 6.45) is 13.8. The van der Waals surface area contributed by atoms with E-state index in [9.17, 15) is 0 Å². The number of aromatic nitrogens is 2. The minimum atomic E-state index is 0.733. The van der Waals surface area contributed by atoms with Crippen molar-refractivity contribution in [2.45, 2.75) is 51.0 Å². The maximum absolute atomic E-state index is 4.41. The van der Waals surface area contributed by atoms with Crippen LogP contribution in [-0.4, -0.2) is 16.1 Å². The van der Waals surface area contributed by atoms with Crippen LogP contribution >= 0.6 is 0 Å². The maximum Gasteiger partial charge on any atom is 0.203 e. The first-order valence-electron chi connectivity index (χ1n) is 6.70. The highest BCUT2D eigenvalue weighted by atomic mass is 15.2. The average Bonchev–Trinajstić information content (AvgIpc) is 3.07. The van der Waals surface area contributed by atoms with Crippen LogP contribution in [0.25, 0.3) is 0 Å². The summed E-state index contributed by atoms with van der Waals surface area (Å²) in [4.78, 5) is 4.41. The summed E-state index contributed by atoms with van der Waals surface area (Å²) in [7, 11) is 0. The summed E-state index contributed by atoms with van der Waals surface area (Å²) < 4.78 is 2.31. The van der Waals surface area contributed by atoms with Gasteiger partial charge in [-0.25, -0.2) is 4.98 Å². The van der Waals surface area contributed by atoms with Crippen molar-refractivity contribution in [2.75, 3.05) is 11.9 Å². The Morgan fingerprint density at radius 1 is 1.19 bits per heavy atom. The molecule has 3 heteroatoms. The van der Waals surface area contributed by atoms with Gasteiger partial charge in [-0.3, -0.25) is 0 Å². The van der Waals surface area contributed by atoms with Gasteiger partial charge in [0.25, 0.3) is 0 Å². The molecule has 3 rings (SSSR count). The van der Waals surface area contributed by atoms with Crippen molar-refractivity contribution in [1.29, 1.82) is 0 Å². The molecule has 88 valence electrons. The van der Waals surface area contributed by atoms with E-state index in [1.165, 1.54) is 44.9 Å². The van der Waals surface area contributed by atoms with Crippen LogP contribution in [0.1, 0.15) is 51.0 Å². The number of imidazole rings is 1. The van der Waals surface area contributed by atoms with Crippen LogP contribution in [0.3, 0.4) is 0 Å². The topological polar surface area (TPSA) is 29.9 Å². The molecule has 0 bridgehead atoms. The molecule has 1 N–H and O–H groups in total. The standard InChI is InChI=1S/C13H21N3/c1-2-4-11(5-3-1)10-15-13-14-8-9-16(13)12-6-7-12/h8-9,11-12H,1-7,10H2,(H,14,15). The van der Waals surface area contributed by atoms with Crippen LogP contribution in [0.5, 0.6) is 0 Å². The number of nitrogens with zero attached hydrogens (tertiary/aromatic N) is 2. The Labute approximate surface area is 97.3 Å². The van der Waals surface area contributed by atoms with Gasteiger partial charge >= 0.3 is 0 Å². The van der Waals surface area contributed by atoms with Crippen molar-refractivity contribution in [3.63, 3.8) is 0 Å². The second kappa shape index (κ2) is 4.48. The molecule has 0 atom stereocenters. The molecule has 3 nitrogen and oxygen atoms in total. The van der Waals surface area contributed by atoms with Crippen molar-refractivity contribution in [1.82, 2.24) is 9.55 Å². The van der Waals surface area contributed by atoms with Gasteiger partial charge < -0.3 is 9.88 Å². The third kappa shape index (κ3) is 2.23. The van der Waals surface area contributed by atoms with Gasteiger partial charge in [-0.1, -0.05) is 19.3 Å². The molecule has 2 aliphatic carbocycles. The molecule has 2 aliphatic rings.